The number of nitrogens with one attached hydrogen (secondary N) is 1. The summed E-state index contributed by atoms with van der Waals surface area (Å²) in [4.78, 5) is 12.8. The van der Waals surface area contributed by atoms with Gasteiger partial charge in [-0.3, -0.25) is 14.2 Å². The second-order valence-corrected chi connectivity index (χ2v) is 7.87. The summed E-state index contributed by atoms with van der Waals surface area (Å²) in [5.74, 6) is -0.299. The highest BCUT2D eigenvalue weighted by Crippen LogP contribution is 2.30. The zero-order chi connectivity index (χ0) is 23.1. The fourth-order valence-electron chi connectivity index (χ4n) is 3.41. The molecule has 1 unspecified atom stereocenters. The fourth-order valence-corrected chi connectivity index (χ4v) is 3.53. The molecule has 3 aromatic rings. The fraction of sp³-hybridized carbons (Fsp3) is 0.381. The van der Waals surface area contributed by atoms with Crippen LogP contribution in [0, 0.1) is 27.7 Å². The molecule has 0 aliphatic carbocycles. The van der Waals surface area contributed by atoms with Crippen molar-refractivity contribution in [2.24, 2.45) is 0 Å². The molecule has 166 valence electrons. The zero-order valence-corrected chi connectivity index (χ0v) is 18.6. The van der Waals surface area contributed by atoms with Crippen LogP contribution in [-0.2, 0) is 17.5 Å². The van der Waals surface area contributed by atoms with Crippen LogP contribution in [-0.4, -0.2) is 25.5 Å². The van der Waals surface area contributed by atoms with Gasteiger partial charge in [-0.05, 0) is 52.3 Å². The van der Waals surface area contributed by atoms with Crippen molar-refractivity contribution in [3.63, 3.8) is 0 Å². The van der Waals surface area contributed by atoms with Crippen molar-refractivity contribution in [1.29, 1.82) is 0 Å². The molecule has 1 amide bonds. The number of aryl methyl sites for hydroxylation is 2. The number of hydrogen-bond acceptors (Lipinski definition) is 3. The summed E-state index contributed by atoms with van der Waals surface area (Å²) in [6, 6.07) is 4.50. The van der Waals surface area contributed by atoms with Gasteiger partial charge in [0, 0.05) is 0 Å². The molecule has 1 aromatic carbocycles. The first kappa shape index (κ1) is 22.9. The molecule has 2 aromatic heterocycles. The molecule has 0 bridgehead atoms. The highest BCUT2D eigenvalue weighted by atomic mass is 35.5. The monoisotopic (exact) mass is 453 g/mol. The number of carbonyl (C=O) groups excluding carboxylic acids is 1. The minimum Gasteiger partial charge on any atom is -0.321 e. The second-order valence-electron chi connectivity index (χ2n) is 7.50. The first-order chi connectivity index (χ1) is 14.4. The van der Waals surface area contributed by atoms with E-state index in [0.717, 1.165) is 12.1 Å². The molecule has 1 atom stereocenters. The van der Waals surface area contributed by atoms with Crippen LogP contribution >= 0.6 is 11.6 Å². The van der Waals surface area contributed by atoms with Gasteiger partial charge in [0.1, 0.15) is 6.04 Å². The van der Waals surface area contributed by atoms with Gasteiger partial charge in [0.25, 0.3) is 0 Å². The van der Waals surface area contributed by atoms with Crippen LogP contribution in [0.2, 0.25) is 5.02 Å². The molecule has 10 heteroatoms. The maximum Gasteiger partial charge on any atom is 0.416 e. The lowest BCUT2D eigenvalue weighted by Crippen LogP contribution is -2.25. The van der Waals surface area contributed by atoms with E-state index in [4.69, 9.17) is 11.6 Å². The third-order valence-corrected chi connectivity index (χ3v) is 5.75. The maximum atomic E-state index is 13.0. The smallest absolute Gasteiger partial charge is 0.321 e. The number of anilines is 1. The molecule has 0 aliphatic rings. The molecule has 6 nitrogen and oxygen atoms in total. The number of rotatable bonds is 5. The summed E-state index contributed by atoms with van der Waals surface area (Å²) in [6.45, 7) is 8.90. The van der Waals surface area contributed by atoms with Gasteiger partial charge in [-0.15, -0.1) is 0 Å². The second kappa shape index (κ2) is 8.37. The van der Waals surface area contributed by atoms with Crippen molar-refractivity contribution in [2.45, 2.75) is 53.4 Å². The first-order valence-corrected chi connectivity index (χ1v) is 10.00. The number of halogens is 4. The van der Waals surface area contributed by atoms with Crippen LogP contribution in [0.15, 0.2) is 24.3 Å². The number of nitrogens with zero attached hydrogens (tertiary/aromatic N) is 4. The Morgan fingerprint density at radius 1 is 1.13 bits per heavy atom. The number of alkyl halides is 3. The van der Waals surface area contributed by atoms with Crippen molar-refractivity contribution < 1.29 is 18.0 Å². The Morgan fingerprint density at radius 2 is 1.81 bits per heavy atom. The summed E-state index contributed by atoms with van der Waals surface area (Å²) in [5.41, 5.74) is 2.81. The number of amides is 1. The molecule has 0 saturated carbocycles. The van der Waals surface area contributed by atoms with Gasteiger partial charge < -0.3 is 5.32 Å². The summed E-state index contributed by atoms with van der Waals surface area (Å²) in [7, 11) is 0. The average Bonchev–Trinajstić information content (AvgIpc) is 3.11. The van der Waals surface area contributed by atoms with Crippen molar-refractivity contribution in [3.8, 4) is 0 Å². The van der Waals surface area contributed by atoms with E-state index >= 15 is 0 Å². The Kier molecular flexibility index (Phi) is 6.18. The minimum atomic E-state index is -4.41. The molecule has 0 aliphatic heterocycles. The molecule has 3 rings (SSSR count). The highest BCUT2D eigenvalue weighted by Gasteiger charge is 2.30. The lowest BCUT2D eigenvalue weighted by Gasteiger charge is -2.15. The van der Waals surface area contributed by atoms with Crippen molar-refractivity contribution in [1.82, 2.24) is 19.6 Å². The summed E-state index contributed by atoms with van der Waals surface area (Å²) in [5, 5.41) is 12.1. The van der Waals surface area contributed by atoms with E-state index in [1.807, 2.05) is 0 Å². The molecule has 0 fully saturated rings. The standard InChI is InChI=1S/C21H23ClF3N5O/c1-11-18(22)13(3)30(28-11)15(5)20(31)26-19-12(2)27-29(14(19)4)10-16-7-6-8-17(9-16)21(23,24)25/h6-9,15H,10H2,1-5H3,(H,26,31). The Labute approximate surface area is 183 Å². The Morgan fingerprint density at radius 3 is 2.39 bits per heavy atom. The summed E-state index contributed by atoms with van der Waals surface area (Å²) in [6.07, 6.45) is -4.41. The lowest BCUT2D eigenvalue weighted by molar-refractivity contribution is -0.137. The van der Waals surface area contributed by atoms with E-state index < -0.39 is 17.8 Å². The van der Waals surface area contributed by atoms with Crippen LogP contribution in [0.3, 0.4) is 0 Å². The molecule has 0 saturated heterocycles. The Hall–Kier alpha value is -2.81. The lowest BCUT2D eigenvalue weighted by atomic mass is 10.1. The van der Waals surface area contributed by atoms with Crippen LogP contribution in [0.25, 0.3) is 0 Å². The number of benzene rings is 1. The largest absolute Gasteiger partial charge is 0.416 e. The summed E-state index contributed by atoms with van der Waals surface area (Å²) >= 11 is 6.18. The molecule has 0 radical (unpaired) electrons. The predicted molar refractivity (Wildman–Crippen MR) is 112 cm³/mol. The maximum absolute atomic E-state index is 13.0. The highest BCUT2D eigenvalue weighted by molar-refractivity contribution is 6.31. The van der Waals surface area contributed by atoms with Gasteiger partial charge >= 0.3 is 6.18 Å². The van der Waals surface area contributed by atoms with Gasteiger partial charge in [0.2, 0.25) is 5.91 Å². The Bertz CT molecular complexity index is 1130. The third kappa shape index (κ3) is 4.61. The normalized spacial score (nSPS) is 12.8. The average molecular weight is 454 g/mol. The molecule has 1 N–H and O–H groups in total. The van der Waals surface area contributed by atoms with Gasteiger partial charge in [0.05, 0.1) is 45.6 Å². The zero-order valence-electron chi connectivity index (χ0n) is 17.8. The van der Waals surface area contributed by atoms with Crippen LogP contribution < -0.4 is 5.32 Å². The predicted octanol–water partition coefficient (Wildman–Crippen LogP) is 5.23. The van der Waals surface area contributed by atoms with Crippen LogP contribution in [0.4, 0.5) is 18.9 Å². The molecule has 0 spiro atoms. The minimum absolute atomic E-state index is 0.148. The quantitative estimate of drug-likeness (QED) is 0.575. The van der Waals surface area contributed by atoms with E-state index in [1.165, 1.54) is 6.07 Å². The third-order valence-electron chi connectivity index (χ3n) is 5.20. The van der Waals surface area contributed by atoms with Crippen LogP contribution in [0.5, 0.6) is 0 Å². The number of aromatic nitrogens is 4. The molecule has 2 heterocycles. The van der Waals surface area contributed by atoms with E-state index in [1.54, 1.807) is 50.0 Å². The van der Waals surface area contributed by atoms with Crippen molar-refractivity contribution >= 4 is 23.2 Å². The number of carbonyl (C=O) groups is 1. The van der Waals surface area contributed by atoms with E-state index in [9.17, 15) is 18.0 Å². The number of hydrogen-bond donors (Lipinski definition) is 1. The molecular weight excluding hydrogens is 431 g/mol. The van der Waals surface area contributed by atoms with Crippen molar-refractivity contribution in [3.05, 3.63) is 63.2 Å². The topological polar surface area (TPSA) is 64.7 Å². The van der Waals surface area contributed by atoms with Crippen LogP contribution in [0.1, 0.15) is 46.9 Å². The van der Waals surface area contributed by atoms with E-state index in [-0.39, 0.29) is 12.5 Å². The van der Waals surface area contributed by atoms with Gasteiger partial charge in [-0.1, -0.05) is 23.7 Å². The van der Waals surface area contributed by atoms with E-state index in [0.29, 0.717) is 39.0 Å². The van der Waals surface area contributed by atoms with Gasteiger partial charge in [-0.2, -0.15) is 23.4 Å². The molecular formula is C21H23ClF3N5O. The van der Waals surface area contributed by atoms with E-state index in [2.05, 4.69) is 15.5 Å². The van der Waals surface area contributed by atoms with Gasteiger partial charge in [0.15, 0.2) is 0 Å². The van der Waals surface area contributed by atoms with Gasteiger partial charge in [-0.25, -0.2) is 0 Å². The SMILES string of the molecule is Cc1nn(C(C)C(=O)Nc2c(C)nn(Cc3cccc(C(F)(F)F)c3)c2C)c(C)c1Cl. The van der Waals surface area contributed by atoms with Crippen molar-refractivity contribution in [2.75, 3.05) is 5.32 Å². The molecule has 31 heavy (non-hydrogen) atoms. The first-order valence-electron chi connectivity index (χ1n) is 9.62. The summed E-state index contributed by atoms with van der Waals surface area (Å²) < 4.78 is 42.1. The Balaban J connectivity index is 1.82.